The van der Waals surface area contributed by atoms with Gasteiger partial charge in [-0.05, 0) is 42.6 Å². The zero-order valence-corrected chi connectivity index (χ0v) is 17.7. The molecule has 146 valence electrons. The van der Waals surface area contributed by atoms with Crippen molar-refractivity contribution >= 4 is 82.0 Å². The monoisotopic (exact) mass is 462 g/mol. The number of halogens is 2. The summed E-state index contributed by atoms with van der Waals surface area (Å²) in [6.45, 7) is 0. The molecule has 0 spiro atoms. The second-order valence-corrected chi connectivity index (χ2v) is 8.45. The molecule has 0 saturated heterocycles. The second kappa shape index (κ2) is 8.00. The number of urea groups is 1. The Labute approximate surface area is 184 Å². The summed E-state index contributed by atoms with van der Waals surface area (Å²) in [5.74, 6) is -0.172. The summed E-state index contributed by atoms with van der Waals surface area (Å²) >= 11 is 18.3. The predicted octanol–water partition coefficient (Wildman–Crippen LogP) is 6.32. The van der Waals surface area contributed by atoms with Gasteiger partial charge >= 0.3 is 6.03 Å². The highest BCUT2D eigenvalue weighted by Crippen LogP contribution is 2.35. The molecule has 0 aliphatic carbocycles. The minimum Gasteiger partial charge on any atom is -0.492 e. The summed E-state index contributed by atoms with van der Waals surface area (Å²) in [4.78, 5) is 17.1. The largest absolute Gasteiger partial charge is 0.492 e. The quantitative estimate of drug-likeness (QED) is 0.398. The number of carbonyl (C=O) groups excluding carboxylic acids is 1. The van der Waals surface area contributed by atoms with Gasteiger partial charge in [0.05, 0.1) is 20.6 Å². The molecule has 2 aromatic carbocycles. The molecule has 0 radical (unpaired) electrons. The first-order valence-electron chi connectivity index (χ1n) is 8.25. The first-order chi connectivity index (χ1) is 13.9. The number of allylic oxidation sites excluding steroid dienone is 1. The normalized spacial score (nSPS) is 13.5. The number of anilines is 1. The van der Waals surface area contributed by atoms with Gasteiger partial charge in [0.15, 0.2) is 3.95 Å². The van der Waals surface area contributed by atoms with Crippen LogP contribution in [0, 0.1) is 3.95 Å². The average Bonchev–Trinajstić information content (AvgIpc) is 3.21. The van der Waals surface area contributed by atoms with Crippen LogP contribution >= 0.6 is 46.8 Å². The predicted molar refractivity (Wildman–Crippen MR) is 122 cm³/mol. The zero-order valence-electron chi connectivity index (χ0n) is 14.5. The van der Waals surface area contributed by atoms with Crippen molar-refractivity contribution < 1.29 is 9.90 Å². The van der Waals surface area contributed by atoms with Crippen LogP contribution in [0.1, 0.15) is 10.4 Å². The van der Waals surface area contributed by atoms with Gasteiger partial charge in [0.25, 0.3) is 0 Å². The van der Waals surface area contributed by atoms with Crippen molar-refractivity contribution in [2.75, 3.05) is 10.7 Å². The molecule has 29 heavy (non-hydrogen) atoms. The fourth-order valence-electron chi connectivity index (χ4n) is 2.70. The van der Waals surface area contributed by atoms with Gasteiger partial charge in [-0.25, -0.2) is 10.2 Å². The van der Waals surface area contributed by atoms with E-state index in [9.17, 15) is 9.90 Å². The summed E-state index contributed by atoms with van der Waals surface area (Å²) in [6, 6.07) is 11.8. The summed E-state index contributed by atoms with van der Waals surface area (Å²) in [7, 11) is 0. The lowest BCUT2D eigenvalue weighted by atomic mass is 10.1. The van der Waals surface area contributed by atoms with Gasteiger partial charge in [0.2, 0.25) is 5.88 Å². The number of nitrogens with one attached hydrogen (secondary N) is 2. The number of hydrogen-bond acceptors (Lipinski definition) is 5. The zero-order chi connectivity index (χ0) is 20.5. The van der Waals surface area contributed by atoms with E-state index in [0.29, 0.717) is 20.6 Å². The summed E-state index contributed by atoms with van der Waals surface area (Å²) < 4.78 is 1.42. The van der Waals surface area contributed by atoms with E-state index in [-0.39, 0.29) is 9.83 Å². The van der Waals surface area contributed by atoms with Crippen molar-refractivity contribution in [3.05, 3.63) is 66.9 Å². The van der Waals surface area contributed by atoms with Crippen LogP contribution in [0.4, 0.5) is 16.2 Å². The van der Waals surface area contributed by atoms with Crippen molar-refractivity contribution in [1.29, 1.82) is 0 Å². The summed E-state index contributed by atoms with van der Waals surface area (Å²) in [5.41, 5.74) is 5.62. The molecule has 10 heteroatoms. The Kier molecular flexibility index (Phi) is 5.42. The Morgan fingerprint density at radius 3 is 2.79 bits per heavy atom. The number of aliphatic imine (C=N–C) groups is 1. The van der Waals surface area contributed by atoms with Crippen molar-refractivity contribution in [1.82, 2.24) is 4.68 Å². The highest BCUT2D eigenvalue weighted by Gasteiger charge is 2.16. The van der Waals surface area contributed by atoms with Crippen LogP contribution in [0.5, 0.6) is 5.88 Å². The number of hydrogen-bond donors (Lipinski definition) is 3. The van der Waals surface area contributed by atoms with Gasteiger partial charge < -0.3 is 10.4 Å². The Morgan fingerprint density at radius 1 is 1.21 bits per heavy atom. The minimum absolute atomic E-state index is 0.172. The van der Waals surface area contributed by atoms with Crippen LogP contribution in [-0.4, -0.2) is 22.0 Å². The van der Waals surface area contributed by atoms with E-state index in [4.69, 9.17) is 35.4 Å². The molecule has 6 nitrogen and oxygen atoms in total. The average molecular weight is 463 g/mol. The third-order valence-corrected chi connectivity index (χ3v) is 6.10. The molecule has 3 N–H and O–H groups in total. The van der Waals surface area contributed by atoms with Crippen LogP contribution in [0.3, 0.4) is 0 Å². The molecule has 2 heterocycles. The maximum absolute atomic E-state index is 12.3. The maximum atomic E-state index is 12.3. The number of aromatic nitrogens is 1. The Bertz CT molecular complexity index is 1250. The number of benzene rings is 2. The summed E-state index contributed by atoms with van der Waals surface area (Å²) in [6.07, 6.45) is 3.50. The highest BCUT2D eigenvalue weighted by atomic mass is 35.5. The van der Waals surface area contributed by atoms with Crippen molar-refractivity contribution in [3.63, 3.8) is 0 Å². The molecule has 1 aliphatic rings. The maximum Gasteiger partial charge on any atom is 0.338 e. The van der Waals surface area contributed by atoms with E-state index in [2.05, 4.69) is 15.7 Å². The number of carbonyl (C=O) groups is 1. The SMILES string of the molecule is O=C(Nc1ccc(Cl)c(Cl)c1)Nn1c(O)c(C=C2C=Nc3ccccc32)sc1=S. The lowest BCUT2D eigenvalue weighted by molar-refractivity contribution is 0.259. The smallest absolute Gasteiger partial charge is 0.338 e. The second-order valence-electron chi connectivity index (χ2n) is 5.96. The molecule has 1 aromatic heterocycles. The minimum atomic E-state index is -0.598. The van der Waals surface area contributed by atoms with Crippen molar-refractivity contribution in [2.24, 2.45) is 4.99 Å². The fourth-order valence-corrected chi connectivity index (χ4v) is 4.18. The van der Waals surface area contributed by atoms with Crippen molar-refractivity contribution in [3.8, 4) is 5.88 Å². The molecule has 0 unspecified atom stereocenters. The van der Waals surface area contributed by atoms with Gasteiger partial charge in [0, 0.05) is 23.0 Å². The van der Waals surface area contributed by atoms with Crippen LogP contribution < -0.4 is 10.7 Å². The van der Waals surface area contributed by atoms with E-state index in [0.717, 1.165) is 32.8 Å². The van der Waals surface area contributed by atoms with Gasteiger partial charge in [-0.2, -0.15) is 4.68 Å². The number of amides is 2. The Morgan fingerprint density at radius 2 is 2.00 bits per heavy atom. The number of rotatable bonds is 3. The van der Waals surface area contributed by atoms with Crippen LogP contribution in [0.2, 0.25) is 10.0 Å². The van der Waals surface area contributed by atoms with Gasteiger partial charge in [-0.1, -0.05) is 52.7 Å². The van der Waals surface area contributed by atoms with E-state index >= 15 is 0 Å². The van der Waals surface area contributed by atoms with Crippen molar-refractivity contribution in [2.45, 2.75) is 0 Å². The van der Waals surface area contributed by atoms with Crippen LogP contribution in [-0.2, 0) is 0 Å². The Hall–Kier alpha value is -2.65. The molecule has 0 fully saturated rings. The molecular weight excluding hydrogens is 451 g/mol. The molecule has 3 aromatic rings. The van der Waals surface area contributed by atoms with E-state index in [1.54, 1.807) is 24.4 Å². The number of aromatic hydroxyl groups is 1. The third kappa shape index (κ3) is 4.06. The third-order valence-electron chi connectivity index (χ3n) is 4.05. The Balaban J connectivity index is 1.56. The standard InChI is InChI=1S/C19H12Cl2N4O2S2/c20-13-6-5-11(8-14(13)21)23-18(27)24-25-17(26)16(29-19(25)28)7-10-9-22-15-4-2-1-3-12(10)15/h1-9,26H,(H2,23,24,27). The molecule has 0 saturated carbocycles. The molecule has 0 atom stereocenters. The van der Waals surface area contributed by atoms with Gasteiger partial charge in [0.1, 0.15) is 0 Å². The number of nitrogens with zero attached hydrogens (tertiary/aromatic N) is 2. The first kappa shape index (κ1) is 19.7. The first-order valence-corrected chi connectivity index (χ1v) is 10.2. The van der Waals surface area contributed by atoms with Gasteiger partial charge in [-0.3, -0.25) is 4.99 Å². The molecule has 0 bridgehead atoms. The van der Waals surface area contributed by atoms with E-state index in [1.807, 2.05) is 24.3 Å². The number of fused-ring (bicyclic) bond motifs is 1. The molecule has 1 aliphatic heterocycles. The molecule has 4 rings (SSSR count). The van der Waals surface area contributed by atoms with E-state index in [1.165, 1.54) is 6.07 Å². The van der Waals surface area contributed by atoms with Gasteiger partial charge in [-0.15, -0.1) is 0 Å². The molecule has 2 amide bonds. The summed E-state index contributed by atoms with van der Waals surface area (Å²) in [5, 5.41) is 13.8. The highest BCUT2D eigenvalue weighted by molar-refractivity contribution is 7.73. The van der Waals surface area contributed by atoms with Crippen LogP contribution in [0.25, 0.3) is 11.6 Å². The van der Waals surface area contributed by atoms with Crippen LogP contribution in [0.15, 0.2) is 47.5 Å². The lowest BCUT2D eigenvalue weighted by Crippen LogP contribution is -2.27. The number of para-hydroxylation sites is 1. The molecular formula is C19H12Cl2N4O2S2. The number of thiazole rings is 1. The lowest BCUT2D eigenvalue weighted by Gasteiger charge is -2.09. The fraction of sp³-hybridized carbons (Fsp3) is 0. The van der Waals surface area contributed by atoms with E-state index < -0.39 is 6.03 Å². The topological polar surface area (TPSA) is 78.7 Å².